The Kier molecular flexibility index (Phi) is 4.37. The molecule has 100 valence electrons. The second-order valence-corrected chi connectivity index (χ2v) is 6.58. The zero-order valence-electron chi connectivity index (χ0n) is 10.6. The minimum Gasteiger partial charge on any atom is -0.384 e. The van der Waals surface area contributed by atoms with E-state index in [2.05, 4.69) is 0 Å². The molecule has 0 aromatic heterocycles. The van der Waals surface area contributed by atoms with Crippen molar-refractivity contribution in [3.8, 4) is 0 Å². The van der Waals surface area contributed by atoms with E-state index in [1.54, 1.807) is 35.7 Å². The molecule has 0 spiro atoms. The van der Waals surface area contributed by atoms with Crippen LogP contribution in [0.1, 0.15) is 12.8 Å². The number of benzene rings is 1. The largest absolute Gasteiger partial charge is 0.384 e. The molecule has 4 nitrogen and oxygen atoms in total. The van der Waals surface area contributed by atoms with Gasteiger partial charge in [0.2, 0.25) is 10.0 Å². The van der Waals surface area contributed by atoms with Crippen LogP contribution in [-0.4, -0.2) is 39.5 Å². The fourth-order valence-electron chi connectivity index (χ4n) is 2.36. The smallest absolute Gasteiger partial charge is 0.243 e. The summed E-state index contributed by atoms with van der Waals surface area (Å²) in [6.45, 7) is 1.79. The Labute approximate surface area is 109 Å². The molecule has 2 rings (SSSR count). The third kappa shape index (κ3) is 2.91. The number of ether oxygens (including phenoxy) is 1. The first-order chi connectivity index (χ1) is 8.64. The van der Waals surface area contributed by atoms with E-state index in [1.165, 1.54) is 0 Å². The van der Waals surface area contributed by atoms with E-state index in [1.807, 2.05) is 6.07 Å². The van der Waals surface area contributed by atoms with Crippen LogP contribution in [0.3, 0.4) is 0 Å². The Morgan fingerprint density at radius 1 is 1.33 bits per heavy atom. The van der Waals surface area contributed by atoms with Gasteiger partial charge in [-0.2, -0.15) is 4.31 Å². The first-order valence-electron chi connectivity index (χ1n) is 6.18. The van der Waals surface area contributed by atoms with Gasteiger partial charge in [-0.3, -0.25) is 0 Å². The van der Waals surface area contributed by atoms with Crippen LogP contribution in [0, 0.1) is 5.92 Å². The summed E-state index contributed by atoms with van der Waals surface area (Å²) in [6.07, 6.45) is 1.94. The molecule has 1 aromatic carbocycles. The van der Waals surface area contributed by atoms with Gasteiger partial charge in [0, 0.05) is 20.2 Å². The van der Waals surface area contributed by atoms with Gasteiger partial charge >= 0.3 is 0 Å². The average molecular weight is 269 g/mol. The number of sulfonamides is 1. The van der Waals surface area contributed by atoms with Gasteiger partial charge in [-0.1, -0.05) is 18.2 Å². The molecule has 0 radical (unpaired) electrons. The van der Waals surface area contributed by atoms with Gasteiger partial charge in [-0.25, -0.2) is 8.42 Å². The summed E-state index contributed by atoms with van der Waals surface area (Å²) in [5.41, 5.74) is 0. The monoisotopic (exact) mass is 269 g/mol. The Morgan fingerprint density at radius 3 is 2.72 bits per heavy atom. The lowest BCUT2D eigenvalue weighted by atomic mass is 10.0. The van der Waals surface area contributed by atoms with Gasteiger partial charge in [0.05, 0.1) is 11.5 Å². The summed E-state index contributed by atoms with van der Waals surface area (Å²) in [5, 5.41) is 0. The second-order valence-electron chi connectivity index (χ2n) is 4.64. The number of nitrogens with zero attached hydrogens (tertiary/aromatic N) is 1. The second kappa shape index (κ2) is 5.82. The van der Waals surface area contributed by atoms with Crippen molar-refractivity contribution < 1.29 is 13.2 Å². The molecule has 1 aliphatic rings. The third-order valence-corrected chi connectivity index (χ3v) is 5.14. The molecule has 1 heterocycles. The van der Waals surface area contributed by atoms with Crippen molar-refractivity contribution in [3.63, 3.8) is 0 Å². The van der Waals surface area contributed by atoms with Crippen LogP contribution < -0.4 is 0 Å². The minimum absolute atomic E-state index is 0.308. The SMILES string of the molecule is COCC1CCCN(S(=O)(=O)c2ccccc2)C1. The lowest BCUT2D eigenvalue weighted by molar-refractivity contribution is 0.118. The first kappa shape index (κ1) is 13.5. The highest BCUT2D eigenvalue weighted by molar-refractivity contribution is 7.89. The Balaban J connectivity index is 2.15. The maximum atomic E-state index is 12.4. The lowest BCUT2D eigenvalue weighted by Gasteiger charge is -2.31. The number of hydrogen-bond acceptors (Lipinski definition) is 3. The summed E-state index contributed by atoms with van der Waals surface area (Å²) < 4.78 is 31.5. The van der Waals surface area contributed by atoms with E-state index < -0.39 is 10.0 Å². The molecular weight excluding hydrogens is 250 g/mol. The third-order valence-electron chi connectivity index (χ3n) is 3.27. The molecule has 0 N–H and O–H groups in total. The van der Waals surface area contributed by atoms with Crippen LogP contribution in [-0.2, 0) is 14.8 Å². The molecular formula is C13H19NO3S. The first-order valence-corrected chi connectivity index (χ1v) is 7.62. The quantitative estimate of drug-likeness (QED) is 0.836. The standard InChI is InChI=1S/C13H19NO3S/c1-17-11-12-6-5-9-14(10-12)18(15,16)13-7-3-2-4-8-13/h2-4,7-8,12H,5-6,9-11H2,1H3. The fraction of sp³-hybridized carbons (Fsp3) is 0.538. The van der Waals surface area contributed by atoms with Crippen LogP contribution in [0.15, 0.2) is 35.2 Å². The lowest BCUT2D eigenvalue weighted by Crippen LogP contribution is -2.41. The molecule has 0 aliphatic carbocycles. The van der Waals surface area contributed by atoms with Crippen molar-refractivity contribution in [1.82, 2.24) is 4.31 Å². The molecule has 1 unspecified atom stereocenters. The molecule has 18 heavy (non-hydrogen) atoms. The zero-order chi connectivity index (χ0) is 13.0. The molecule has 1 saturated heterocycles. The molecule has 1 atom stereocenters. The molecule has 5 heteroatoms. The summed E-state index contributed by atoms with van der Waals surface area (Å²) in [4.78, 5) is 0.378. The van der Waals surface area contributed by atoms with Crippen molar-refractivity contribution in [3.05, 3.63) is 30.3 Å². The van der Waals surface area contributed by atoms with Gasteiger partial charge in [-0.05, 0) is 30.9 Å². The highest BCUT2D eigenvalue weighted by Crippen LogP contribution is 2.23. The molecule has 1 aliphatic heterocycles. The predicted molar refractivity (Wildman–Crippen MR) is 69.8 cm³/mol. The van der Waals surface area contributed by atoms with Crippen molar-refractivity contribution in [2.45, 2.75) is 17.7 Å². The van der Waals surface area contributed by atoms with Crippen LogP contribution >= 0.6 is 0 Å². The van der Waals surface area contributed by atoms with E-state index in [9.17, 15) is 8.42 Å². The normalized spacial score (nSPS) is 21.9. The van der Waals surface area contributed by atoms with Crippen LogP contribution in [0.2, 0.25) is 0 Å². The molecule has 1 fully saturated rings. The summed E-state index contributed by atoms with van der Waals surface area (Å²) in [6, 6.07) is 8.63. The minimum atomic E-state index is -3.34. The summed E-state index contributed by atoms with van der Waals surface area (Å²) in [5.74, 6) is 0.308. The van der Waals surface area contributed by atoms with Crippen molar-refractivity contribution in [2.24, 2.45) is 5.92 Å². The highest BCUT2D eigenvalue weighted by Gasteiger charge is 2.29. The zero-order valence-corrected chi connectivity index (χ0v) is 11.4. The van der Waals surface area contributed by atoms with Crippen LogP contribution in [0.25, 0.3) is 0 Å². The molecule has 0 amide bonds. The van der Waals surface area contributed by atoms with Crippen molar-refractivity contribution in [2.75, 3.05) is 26.8 Å². The predicted octanol–water partition coefficient (Wildman–Crippen LogP) is 1.73. The van der Waals surface area contributed by atoms with Gasteiger partial charge < -0.3 is 4.74 Å². The van der Waals surface area contributed by atoms with Gasteiger partial charge in [0.1, 0.15) is 0 Å². The number of hydrogen-bond donors (Lipinski definition) is 0. The van der Waals surface area contributed by atoms with Crippen LogP contribution in [0.4, 0.5) is 0 Å². The van der Waals surface area contributed by atoms with E-state index in [-0.39, 0.29) is 0 Å². The fourth-order valence-corrected chi connectivity index (χ4v) is 3.93. The number of rotatable bonds is 4. The van der Waals surface area contributed by atoms with Crippen molar-refractivity contribution >= 4 is 10.0 Å². The summed E-state index contributed by atoms with van der Waals surface area (Å²) >= 11 is 0. The van der Waals surface area contributed by atoms with E-state index >= 15 is 0 Å². The number of methoxy groups -OCH3 is 1. The van der Waals surface area contributed by atoms with Gasteiger partial charge in [0.25, 0.3) is 0 Å². The van der Waals surface area contributed by atoms with Crippen molar-refractivity contribution in [1.29, 1.82) is 0 Å². The highest BCUT2D eigenvalue weighted by atomic mass is 32.2. The Hall–Kier alpha value is -0.910. The topological polar surface area (TPSA) is 46.6 Å². The van der Waals surface area contributed by atoms with Crippen LogP contribution in [0.5, 0.6) is 0 Å². The van der Waals surface area contributed by atoms with Gasteiger partial charge in [-0.15, -0.1) is 0 Å². The van der Waals surface area contributed by atoms with E-state index in [4.69, 9.17) is 4.74 Å². The molecule has 1 aromatic rings. The van der Waals surface area contributed by atoms with E-state index in [0.717, 1.165) is 12.8 Å². The maximum Gasteiger partial charge on any atom is 0.243 e. The number of piperidine rings is 1. The van der Waals surface area contributed by atoms with E-state index in [0.29, 0.717) is 30.5 Å². The molecule has 0 bridgehead atoms. The molecule has 0 saturated carbocycles. The Bertz CT molecular complexity index is 470. The van der Waals surface area contributed by atoms with Gasteiger partial charge in [0.15, 0.2) is 0 Å². The maximum absolute atomic E-state index is 12.4. The Morgan fingerprint density at radius 2 is 2.06 bits per heavy atom. The average Bonchev–Trinajstić information content (AvgIpc) is 2.40. The summed E-state index contributed by atoms with van der Waals surface area (Å²) in [7, 11) is -1.68.